The van der Waals surface area contributed by atoms with Gasteiger partial charge >= 0.3 is 0 Å². The molecule has 0 aromatic heterocycles. The van der Waals surface area contributed by atoms with Gasteiger partial charge in [-0.1, -0.05) is 17.7 Å². The lowest BCUT2D eigenvalue weighted by Gasteiger charge is -2.34. The van der Waals surface area contributed by atoms with Gasteiger partial charge in [-0.25, -0.2) is 0 Å². The van der Waals surface area contributed by atoms with Crippen molar-refractivity contribution in [2.45, 2.75) is 38.8 Å². The highest BCUT2D eigenvalue weighted by atomic mass is 16.5. The average molecular weight is 234 g/mol. The minimum atomic E-state index is 0.189. The Balaban J connectivity index is 1.99. The summed E-state index contributed by atoms with van der Waals surface area (Å²) >= 11 is 0. The molecule has 3 N–H and O–H groups in total. The molecular weight excluding hydrogens is 212 g/mol. The second-order valence-corrected chi connectivity index (χ2v) is 5.23. The second kappa shape index (κ2) is 5.07. The highest BCUT2D eigenvalue weighted by molar-refractivity contribution is 5.48. The Hall–Kier alpha value is -1.06. The fourth-order valence-corrected chi connectivity index (χ4v) is 2.19. The molecule has 0 atom stereocenters. The van der Waals surface area contributed by atoms with Gasteiger partial charge in [0.15, 0.2) is 0 Å². The van der Waals surface area contributed by atoms with Crippen molar-refractivity contribution in [3.63, 3.8) is 0 Å². The molecule has 3 heteroatoms. The van der Waals surface area contributed by atoms with Crippen LogP contribution in [0.15, 0.2) is 18.2 Å². The van der Waals surface area contributed by atoms with Gasteiger partial charge in [-0.05, 0) is 38.3 Å². The van der Waals surface area contributed by atoms with Gasteiger partial charge in [0, 0.05) is 31.0 Å². The Morgan fingerprint density at radius 2 is 2.06 bits per heavy atom. The van der Waals surface area contributed by atoms with Gasteiger partial charge in [-0.3, -0.25) is 0 Å². The van der Waals surface area contributed by atoms with Crippen LogP contribution < -0.4 is 11.1 Å². The van der Waals surface area contributed by atoms with Gasteiger partial charge in [0.05, 0.1) is 0 Å². The van der Waals surface area contributed by atoms with Crippen LogP contribution in [0.4, 0.5) is 5.69 Å². The third-order valence-corrected chi connectivity index (χ3v) is 3.60. The van der Waals surface area contributed by atoms with Crippen molar-refractivity contribution in [2.24, 2.45) is 0 Å². The number of rotatable bonds is 3. The molecule has 1 aromatic carbocycles. The summed E-state index contributed by atoms with van der Waals surface area (Å²) in [5.74, 6) is 0. The largest absolute Gasteiger partial charge is 0.398 e. The van der Waals surface area contributed by atoms with Crippen LogP contribution in [0.5, 0.6) is 0 Å². The lowest BCUT2D eigenvalue weighted by molar-refractivity contribution is 0.0446. The molecule has 1 aliphatic heterocycles. The van der Waals surface area contributed by atoms with E-state index in [2.05, 4.69) is 31.3 Å². The van der Waals surface area contributed by atoms with Gasteiger partial charge in [0.25, 0.3) is 0 Å². The molecule has 2 rings (SSSR count). The first kappa shape index (κ1) is 12.4. The van der Waals surface area contributed by atoms with E-state index in [9.17, 15) is 0 Å². The first-order valence-electron chi connectivity index (χ1n) is 6.27. The minimum Gasteiger partial charge on any atom is -0.398 e. The fraction of sp³-hybridized carbons (Fsp3) is 0.571. The van der Waals surface area contributed by atoms with Crippen LogP contribution in [0, 0.1) is 6.92 Å². The number of nitrogens with two attached hydrogens (primary N) is 1. The third kappa shape index (κ3) is 3.20. The first-order valence-corrected chi connectivity index (χ1v) is 6.27. The quantitative estimate of drug-likeness (QED) is 0.788. The molecule has 0 saturated carbocycles. The second-order valence-electron chi connectivity index (χ2n) is 5.23. The maximum absolute atomic E-state index is 5.98. The maximum atomic E-state index is 5.98. The highest BCUT2D eigenvalue weighted by Crippen LogP contribution is 2.21. The molecule has 0 bridgehead atoms. The molecular formula is C14H22N2O. The molecule has 1 heterocycles. The molecule has 0 amide bonds. The molecule has 0 unspecified atom stereocenters. The van der Waals surface area contributed by atoms with Gasteiger partial charge in [0.1, 0.15) is 0 Å². The van der Waals surface area contributed by atoms with Crippen molar-refractivity contribution in [3.8, 4) is 0 Å². The van der Waals surface area contributed by atoms with Crippen LogP contribution in [0.3, 0.4) is 0 Å². The fourth-order valence-electron chi connectivity index (χ4n) is 2.19. The molecule has 17 heavy (non-hydrogen) atoms. The zero-order valence-electron chi connectivity index (χ0n) is 10.8. The Labute approximate surface area is 103 Å². The van der Waals surface area contributed by atoms with E-state index in [4.69, 9.17) is 10.5 Å². The van der Waals surface area contributed by atoms with Crippen LogP contribution in [0.25, 0.3) is 0 Å². The smallest absolute Gasteiger partial charge is 0.0483 e. The summed E-state index contributed by atoms with van der Waals surface area (Å²) in [4.78, 5) is 0. The number of nitrogens with one attached hydrogen (secondary N) is 1. The predicted molar refractivity (Wildman–Crippen MR) is 70.9 cm³/mol. The van der Waals surface area contributed by atoms with Crippen LogP contribution in [-0.4, -0.2) is 18.8 Å². The Morgan fingerprint density at radius 1 is 1.35 bits per heavy atom. The maximum Gasteiger partial charge on any atom is 0.0483 e. The molecule has 0 aliphatic carbocycles. The molecule has 0 spiro atoms. The first-order chi connectivity index (χ1) is 8.09. The predicted octanol–water partition coefficient (Wildman–Crippen LogP) is 2.24. The number of nitrogen functional groups attached to an aromatic ring is 1. The summed E-state index contributed by atoms with van der Waals surface area (Å²) in [5.41, 5.74) is 9.50. The van der Waals surface area contributed by atoms with Gasteiger partial charge in [-0.15, -0.1) is 0 Å². The van der Waals surface area contributed by atoms with Crippen LogP contribution in [0.2, 0.25) is 0 Å². The highest BCUT2D eigenvalue weighted by Gasteiger charge is 2.26. The van der Waals surface area contributed by atoms with E-state index in [0.29, 0.717) is 0 Å². The van der Waals surface area contributed by atoms with Crippen LogP contribution in [0.1, 0.15) is 30.9 Å². The van der Waals surface area contributed by atoms with E-state index >= 15 is 0 Å². The van der Waals surface area contributed by atoms with Crippen molar-refractivity contribution in [1.82, 2.24) is 5.32 Å². The van der Waals surface area contributed by atoms with Gasteiger partial charge < -0.3 is 15.8 Å². The summed E-state index contributed by atoms with van der Waals surface area (Å²) in [7, 11) is 0. The summed E-state index contributed by atoms with van der Waals surface area (Å²) in [6, 6.07) is 6.19. The summed E-state index contributed by atoms with van der Waals surface area (Å²) < 4.78 is 5.40. The van der Waals surface area contributed by atoms with E-state index in [0.717, 1.165) is 38.3 Å². The average Bonchev–Trinajstić information content (AvgIpc) is 2.31. The number of aryl methyl sites for hydroxylation is 1. The Kier molecular flexibility index (Phi) is 3.69. The number of ether oxygens (including phenoxy) is 1. The molecule has 0 radical (unpaired) electrons. The Morgan fingerprint density at radius 3 is 2.76 bits per heavy atom. The number of anilines is 1. The zero-order valence-corrected chi connectivity index (χ0v) is 10.8. The summed E-state index contributed by atoms with van der Waals surface area (Å²) in [6.07, 6.45) is 2.14. The van der Waals surface area contributed by atoms with Gasteiger partial charge in [0.2, 0.25) is 0 Å². The topological polar surface area (TPSA) is 47.3 Å². The summed E-state index contributed by atoms with van der Waals surface area (Å²) in [6.45, 7) is 6.91. The molecule has 3 nitrogen and oxygen atoms in total. The minimum absolute atomic E-state index is 0.189. The number of benzene rings is 1. The molecule has 1 saturated heterocycles. The third-order valence-electron chi connectivity index (χ3n) is 3.60. The number of hydrogen-bond donors (Lipinski definition) is 2. The SMILES string of the molecule is Cc1ccc(N)c(CNC2(C)CCOCC2)c1. The van der Waals surface area contributed by atoms with Crippen LogP contribution >= 0.6 is 0 Å². The Bertz CT molecular complexity index is 384. The van der Waals surface area contributed by atoms with E-state index in [1.807, 2.05) is 6.07 Å². The lowest BCUT2D eigenvalue weighted by atomic mass is 9.92. The standard InChI is InChI=1S/C14H22N2O/c1-11-3-4-13(15)12(9-11)10-16-14(2)5-7-17-8-6-14/h3-4,9,16H,5-8,10,15H2,1-2H3. The number of hydrogen-bond acceptors (Lipinski definition) is 3. The molecule has 1 aromatic rings. The van der Waals surface area contributed by atoms with E-state index in [1.165, 1.54) is 11.1 Å². The van der Waals surface area contributed by atoms with Crippen LogP contribution in [-0.2, 0) is 11.3 Å². The monoisotopic (exact) mass is 234 g/mol. The van der Waals surface area contributed by atoms with Crippen molar-refractivity contribution >= 4 is 5.69 Å². The lowest BCUT2D eigenvalue weighted by Crippen LogP contribution is -2.46. The van der Waals surface area contributed by atoms with Crippen molar-refractivity contribution in [2.75, 3.05) is 18.9 Å². The van der Waals surface area contributed by atoms with Crippen molar-refractivity contribution < 1.29 is 4.74 Å². The molecule has 1 fully saturated rings. The van der Waals surface area contributed by atoms with E-state index in [-0.39, 0.29) is 5.54 Å². The zero-order chi connectivity index (χ0) is 12.3. The van der Waals surface area contributed by atoms with Crippen molar-refractivity contribution in [3.05, 3.63) is 29.3 Å². The van der Waals surface area contributed by atoms with Crippen molar-refractivity contribution in [1.29, 1.82) is 0 Å². The normalized spacial score (nSPS) is 19.2. The molecule has 94 valence electrons. The molecule has 1 aliphatic rings. The summed E-state index contributed by atoms with van der Waals surface area (Å²) in [5, 5.41) is 3.62. The van der Waals surface area contributed by atoms with E-state index in [1.54, 1.807) is 0 Å². The van der Waals surface area contributed by atoms with Gasteiger partial charge in [-0.2, -0.15) is 0 Å². The van der Waals surface area contributed by atoms with E-state index < -0.39 is 0 Å².